The second-order valence-corrected chi connectivity index (χ2v) is 11.2. The standard InChI is InChI=1S/C35H27N3O5S/c1-43-34(42)26-9-7-8-24(18-26)20-37-22-27(29-12-5-6-13-30(29)37)19-31-32(39)38(21-23-14-16-25(17-15-23)33(40)41)35(44-31)36-28-10-3-2-4-11-28/h2-19,22H,20-21H2,1H3,(H,40,41)/b31-19-,36-35?. The summed E-state index contributed by atoms with van der Waals surface area (Å²) >= 11 is 1.31. The van der Waals surface area contributed by atoms with Crippen LogP contribution < -0.4 is 0 Å². The van der Waals surface area contributed by atoms with Crippen LogP contribution in [0.5, 0.6) is 0 Å². The molecule has 0 unspecified atom stereocenters. The number of ether oxygens (including phenoxy) is 1. The van der Waals surface area contributed by atoms with Crippen molar-refractivity contribution in [3.63, 3.8) is 0 Å². The number of fused-ring (bicyclic) bond motifs is 1. The molecule has 1 fully saturated rings. The number of rotatable bonds is 8. The van der Waals surface area contributed by atoms with E-state index >= 15 is 0 Å². The van der Waals surface area contributed by atoms with Crippen LogP contribution in [0, 0.1) is 0 Å². The van der Waals surface area contributed by atoms with Gasteiger partial charge in [-0.05, 0) is 71.4 Å². The first kappa shape index (κ1) is 28.7. The van der Waals surface area contributed by atoms with E-state index in [4.69, 9.17) is 9.73 Å². The van der Waals surface area contributed by atoms with Crippen LogP contribution in [0.15, 0.2) is 119 Å². The third kappa shape index (κ3) is 6.04. The Morgan fingerprint density at radius 2 is 1.61 bits per heavy atom. The lowest BCUT2D eigenvalue weighted by atomic mass is 10.1. The zero-order valence-electron chi connectivity index (χ0n) is 23.7. The largest absolute Gasteiger partial charge is 0.478 e. The highest BCUT2D eigenvalue weighted by molar-refractivity contribution is 8.18. The van der Waals surface area contributed by atoms with Gasteiger partial charge in [-0.3, -0.25) is 9.69 Å². The summed E-state index contributed by atoms with van der Waals surface area (Å²) in [6.45, 7) is 0.766. The number of carboxylic acid groups (broad SMARTS) is 1. The second-order valence-electron chi connectivity index (χ2n) is 10.2. The number of para-hydroxylation sites is 2. The van der Waals surface area contributed by atoms with Gasteiger partial charge in [0, 0.05) is 29.2 Å². The minimum absolute atomic E-state index is 0.183. The maximum Gasteiger partial charge on any atom is 0.337 e. The van der Waals surface area contributed by atoms with Crippen molar-refractivity contribution >= 4 is 57.4 Å². The van der Waals surface area contributed by atoms with Gasteiger partial charge in [-0.15, -0.1) is 0 Å². The van der Waals surface area contributed by atoms with Crippen molar-refractivity contribution in [2.45, 2.75) is 13.1 Å². The Morgan fingerprint density at radius 3 is 2.36 bits per heavy atom. The van der Waals surface area contributed by atoms with E-state index in [9.17, 15) is 19.5 Å². The third-order valence-corrected chi connectivity index (χ3v) is 8.22. The first-order chi connectivity index (χ1) is 21.4. The van der Waals surface area contributed by atoms with Crippen LogP contribution in [-0.4, -0.2) is 44.7 Å². The van der Waals surface area contributed by atoms with Gasteiger partial charge in [-0.25, -0.2) is 14.6 Å². The highest BCUT2D eigenvalue weighted by atomic mass is 32.2. The topological polar surface area (TPSA) is 101 Å². The molecule has 0 atom stereocenters. The van der Waals surface area contributed by atoms with E-state index in [2.05, 4.69) is 4.57 Å². The minimum atomic E-state index is -1.00. The highest BCUT2D eigenvalue weighted by Gasteiger charge is 2.34. The summed E-state index contributed by atoms with van der Waals surface area (Å²) in [6, 6.07) is 31.3. The van der Waals surface area contributed by atoms with Gasteiger partial charge in [0.1, 0.15) is 0 Å². The zero-order valence-corrected chi connectivity index (χ0v) is 24.5. The summed E-state index contributed by atoms with van der Waals surface area (Å²) < 4.78 is 6.98. The number of aromatic carboxylic acids is 1. The van der Waals surface area contributed by atoms with Gasteiger partial charge in [0.05, 0.1) is 35.4 Å². The Morgan fingerprint density at radius 1 is 0.864 bits per heavy atom. The Labute approximate surface area is 257 Å². The number of carboxylic acids is 1. The van der Waals surface area contributed by atoms with Crippen LogP contribution in [-0.2, 0) is 22.6 Å². The van der Waals surface area contributed by atoms with Crippen LogP contribution in [0.3, 0.4) is 0 Å². The number of methoxy groups -OCH3 is 1. The fourth-order valence-corrected chi connectivity index (χ4v) is 6.04. The van der Waals surface area contributed by atoms with Gasteiger partial charge in [0.2, 0.25) is 0 Å². The molecule has 5 aromatic rings. The maximum atomic E-state index is 13.9. The van der Waals surface area contributed by atoms with Crippen LogP contribution in [0.25, 0.3) is 17.0 Å². The van der Waals surface area contributed by atoms with E-state index < -0.39 is 5.97 Å². The van der Waals surface area contributed by atoms with Crippen molar-refractivity contribution in [2.24, 2.45) is 4.99 Å². The normalized spacial score (nSPS) is 14.9. The molecular formula is C35H27N3O5S. The molecule has 8 nitrogen and oxygen atoms in total. The first-order valence-corrected chi connectivity index (χ1v) is 14.6. The lowest BCUT2D eigenvalue weighted by Gasteiger charge is -2.16. The predicted molar refractivity (Wildman–Crippen MR) is 172 cm³/mol. The molecule has 0 radical (unpaired) electrons. The number of carbonyl (C=O) groups excluding carboxylic acids is 2. The summed E-state index contributed by atoms with van der Waals surface area (Å²) in [6.07, 6.45) is 3.91. The molecule has 1 aliphatic rings. The first-order valence-electron chi connectivity index (χ1n) is 13.8. The number of amides is 1. The van der Waals surface area contributed by atoms with Crippen molar-refractivity contribution in [2.75, 3.05) is 7.11 Å². The number of amidine groups is 1. The Balaban J connectivity index is 1.35. The predicted octanol–water partition coefficient (Wildman–Crippen LogP) is 6.98. The van der Waals surface area contributed by atoms with E-state index in [1.165, 1.54) is 31.0 Å². The van der Waals surface area contributed by atoms with Gasteiger partial charge >= 0.3 is 11.9 Å². The van der Waals surface area contributed by atoms with E-state index in [1.54, 1.807) is 23.1 Å². The number of esters is 1. The number of carbonyl (C=O) groups is 3. The van der Waals surface area contributed by atoms with Crippen LogP contribution in [0.2, 0.25) is 0 Å². The number of nitrogens with zero attached hydrogens (tertiary/aromatic N) is 3. The highest BCUT2D eigenvalue weighted by Crippen LogP contribution is 2.36. The molecule has 0 bridgehead atoms. The van der Waals surface area contributed by atoms with Crippen molar-refractivity contribution < 1.29 is 24.2 Å². The van der Waals surface area contributed by atoms with Crippen LogP contribution in [0.1, 0.15) is 37.4 Å². The number of hydrogen-bond donors (Lipinski definition) is 1. The van der Waals surface area contributed by atoms with Crippen molar-refractivity contribution in [1.29, 1.82) is 0 Å². The molecule has 9 heteroatoms. The third-order valence-electron chi connectivity index (χ3n) is 7.22. The molecule has 0 spiro atoms. The molecule has 0 saturated carbocycles. The molecule has 0 aliphatic carbocycles. The van der Waals surface area contributed by atoms with Gasteiger partial charge in [-0.2, -0.15) is 0 Å². The number of thioether (sulfide) groups is 1. The molecule has 4 aromatic carbocycles. The zero-order chi connectivity index (χ0) is 30.6. The van der Waals surface area contributed by atoms with E-state index in [-0.39, 0.29) is 24.0 Å². The molecule has 1 saturated heterocycles. The van der Waals surface area contributed by atoms with Gasteiger partial charge in [-0.1, -0.05) is 60.7 Å². The smallest absolute Gasteiger partial charge is 0.337 e. The Kier molecular flexibility index (Phi) is 8.12. The average Bonchev–Trinajstić information content (AvgIpc) is 3.53. The molecular weight excluding hydrogens is 574 g/mol. The molecule has 1 aromatic heterocycles. The average molecular weight is 602 g/mol. The number of aliphatic imine (C=N–C) groups is 1. The minimum Gasteiger partial charge on any atom is -0.478 e. The van der Waals surface area contributed by atoms with E-state index in [0.717, 1.165) is 33.3 Å². The summed E-state index contributed by atoms with van der Waals surface area (Å²) in [5.74, 6) is -1.58. The molecule has 2 heterocycles. The fourth-order valence-electron chi connectivity index (χ4n) is 5.05. The van der Waals surface area contributed by atoms with Gasteiger partial charge in [0.25, 0.3) is 5.91 Å². The fraction of sp³-hybridized carbons (Fsp3) is 0.0857. The number of benzene rings is 4. The van der Waals surface area contributed by atoms with Crippen molar-refractivity contribution in [3.05, 3.63) is 142 Å². The second kappa shape index (κ2) is 12.4. The summed E-state index contributed by atoms with van der Waals surface area (Å²) in [5, 5.41) is 10.8. The Bertz CT molecular complexity index is 1940. The van der Waals surface area contributed by atoms with Crippen molar-refractivity contribution in [1.82, 2.24) is 9.47 Å². The molecule has 1 amide bonds. The summed E-state index contributed by atoms with van der Waals surface area (Å²) in [7, 11) is 1.36. The lowest BCUT2D eigenvalue weighted by molar-refractivity contribution is -0.122. The number of aromatic nitrogens is 1. The summed E-state index contributed by atoms with van der Waals surface area (Å²) in [5.41, 5.74) is 5.00. The molecule has 6 rings (SSSR count). The molecule has 44 heavy (non-hydrogen) atoms. The molecule has 1 aliphatic heterocycles. The monoisotopic (exact) mass is 601 g/mol. The quantitative estimate of drug-likeness (QED) is 0.152. The lowest BCUT2D eigenvalue weighted by Crippen LogP contribution is -2.28. The molecule has 1 N–H and O–H groups in total. The maximum absolute atomic E-state index is 13.9. The SMILES string of the molecule is COC(=O)c1cccc(Cn2cc(/C=C3\SC(=Nc4ccccc4)N(Cc4ccc(C(=O)O)cc4)C3=O)c3ccccc32)c1. The van der Waals surface area contributed by atoms with E-state index in [1.807, 2.05) is 85.1 Å². The summed E-state index contributed by atoms with van der Waals surface area (Å²) in [4.78, 5) is 44.2. The van der Waals surface area contributed by atoms with Crippen LogP contribution >= 0.6 is 11.8 Å². The van der Waals surface area contributed by atoms with Gasteiger partial charge < -0.3 is 14.4 Å². The number of hydrogen-bond acceptors (Lipinski definition) is 6. The Hall–Kier alpha value is -5.41. The van der Waals surface area contributed by atoms with Crippen molar-refractivity contribution in [3.8, 4) is 0 Å². The van der Waals surface area contributed by atoms with Gasteiger partial charge in [0.15, 0.2) is 5.17 Å². The van der Waals surface area contributed by atoms with Crippen LogP contribution in [0.4, 0.5) is 5.69 Å². The van der Waals surface area contributed by atoms with E-state index in [0.29, 0.717) is 22.2 Å². The molecule has 218 valence electrons.